The zero-order valence-electron chi connectivity index (χ0n) is 18.0. The lowest BCUT2D eigenvalue weighted by atomic mass is 10.1. The first-order chi connectivity index (χ1) is 16.0. The quantitative estimate of drug-likeness (QED) is 0.286. The van der Waals surface area contributed by atoms with Crippen molar-refractivity contribution >= 4 is 11.6 Å². The second kappa shape index (κ2) is 9.86. The van der Waals surface area contributed by atoms with Crippen molar-refractivity contribution in [2.45, 2.75) is 19.9 Å². The lowest BCUT2D eigenvalue weighted by molar-refractivity contribution is -0.384. The first-order valence-electron chi connectivity index (χ1n) is 10.5. The number of aromatic nitrogens is 2. The SMILES string of the molecule is Cc1ccc(C(=O)N(CCc2nc(-c3cccc([N+](=O)[O-])c3)no2)Cc2ccccc2)cc1. The average molecular weight is 442 g/mol. The molecule has 0 atom stereocenters. The summed E-state index contributed by atoms with van der Waals surface area (Å²) in [6.07, 6.45) is 0.354. The molecule has 0 radical (unpaired) electrons. The van der Waals surface area contributed by atoms with Gasteiger partial charge in [-0.3, -0.25) is 14.9 Å². The molecular weight excluding hydrogens is 420 g/mol. The Kier molecular flexibility index (Phi) is 6.54. The first kappa shape index (κ1) is 21.9. The maximum atomic E-state index is 13.2. The molecule has 0 unspecified atom stereocenters. The second-order valence-corrected chi connectivity index (χ2v) is 7.65. The van der Waals surface area contributed by atoms with E-state index in [-0.39, 0.29) is 17.4 Å². The molecule has 8 nitrogen and oxygen atoms in total. The van der Waals surface area contributed by atoms with Crippen molar-refractivity contribution < 1.29 is 14.2 Å². The Labute approximate surface area is 190 Å². The largest absolute Gasteiger partial charge is 0.339 e. The van der Waals surface area contributed by atoms with Crippen molar-refractivity contribution in [2.24, 2.45) is 0 Å². The Balaban J connectivity index is 1.51. The molecule has 0 saturated carbocycles. The number of carbonyl (C=O) groups is 1. The molecule has 0 N–H and O–H groups in total. The van der Waals surface area contributed by atoms with Crippen LogP contribution in [0.5, 0.6) is 0 Å². The van der Waals surface area contributed by atoms with Gasteiger partial charge in [-0.1, -0.05) is 65.3 Å². The summed E-state index contributed by atoms with van der Waals surface area (Å²) in [7, 11) is 0. The van der Waals surface area contributed by atoms with Crippen LogP contribution in [0, 0.1) is 17.0 Å². The third-order valence-corrected chi connectivity index (χ3v) is 5.18. The molecule has 0 aliphatic carbocycles. The number of amides is 1. The van der Waals surface area contributed by atoms with E-state index in [4.69, 9.17) is 4.52 Å². The number of benzene rings is 3. The van der Waals surface area contributed by atoms with Crippen molar-refractivity contribution in [3.8, 4) is 11.4 Å². The van der Waals surface area contributed by atoms with E-state index in [2.05, 4.69) is 10.1 Å². The maximum absolute atomic E-state index is 13.2. The van der Waals surface area contributed by atoms with Gasteiger partial charge in [0, 0.05) is 42.8 Å². The van der Waals surface area contributed by atoms with Gasteiger partial charge in [-0.25, -0.2) is 0 Å². The van der Waals surface area contributed by atoms with E-state index in [1.54, 1.807) is 17.0 Å². The topological polar surface area (TPSA) is 102 Å². The summed E-state index contributed by atoms with van der Waals surface area (Å²) < 4.78 is 5.35. The van der Waals surface area contributed by atoms with E-state index in [0.29, 0.717) is 36.5 Å². The monoisotopic (exact) mass is 442 g/mol. The highest BCUT2D eigenvalue weighted by atomic mass is 16.6. The highest BCUT2D eigenvalue weighted by molar-refractivity contribution is 5.94. The Morgan fingerprint density at radius 1 is 1.03 bits per heavy atom. The van der Waals surface area contributed by atoms with Gasteiger partial charge in [-0.2, -0.15) is 4.98 Å². The smallest absolute Gasteiger partial charge is 0.270 e. The summed E-state index contributed by atoms with van der Waals surface area (Å²) in [4.78, 5) is 29.9. The van der Waals surface area contributed by atoms with Gasteiger partial charge in [0.25, 0.3) is 11.6 Å². The van der Waals surface area contributed by atoms with Crippen molar-refractivity contribution in [2.75, 3.05) is 6.54 Å². The molecule has 4 rings (SSSR count). The molecule has 0 aliphatic heterocycles. The molecule has 0 bridgehead atoms. The van der Waals surface area contributed by atoms with Crippen LogP contribution >= 0.6 is 0 Å². The molecule has 166 valence electrons. The molecule has 4 aromatic rings. The molecular formula is C25H22N4O4. The van der Waals surface area contributed by atoms with Crippen LogP contribution in [-0.4, -0.2) is 32.4 Å². The van der Waals surface area contributed by atoms with Gasteiger partial charge < -0.3 is 9.42 Å². The lowest BCUT2D eigenvalue weighted by Gasteiger charge is -2.22. The predicted molar refractivity (Wildman–Crippen MR) is 122 cm³/mol. The van der Waals surface area contributed by atoms with Crippen molar-refractivity contribution in [3.63, 3.8) is 0 Å². The molecule has 33 heavy (non-hydrogen) atoms. The van der Waals surface area contributed by atoms with Crippen LogP contribution in [0.1, 0.15) is 27.4 Å². The molecule has 3 aromatic carbocycles. The highest BCUT2D eigenvalue weighted by Crippen LogP contribution is 2.21. The van der Waals surface area contributed by atoms with E-state index < -0.39 is 4.92 Å². The number of aryl methyl sites for hydroxylation is 1. The minimum Gasteiger partial charge on any atom is -0.339 e. The van der Waals surface area contributed by atoms with Gasteiger partial charge in [-0.05, 0) is 24.6 Å². The highest BCUT2D eigenvalue weighted by Gasteiger charge is 2.18. The zero-order valence-corrected chi connectivity index (χ0v) is 18.0. The van der Waals surface area contributed by atoms with Gasteiger partial charge in [0.1, 0.15) is 0 Å². The summed E-state index contributed by atoms with van der Waals surface area (Å²) in [5, 5.41) is 15.0. The molecule has 0 saturated heterocycles. The van der Waals surface area contributed by atoms with Crippen LogP contribution in [0.3, 0.4) is 0 Å². The molecule has 1 heterocycles. The number of nitrogens with zero attached hydrogens (tertiary/aromatic N) is 4. The van der Waals surface area contributed by atoms with Crippen LogP contribution in [0.4, 0.5) is 5.69 Å². The van der Waals surface area contributed by atoms with E-state index in [0.717, 1.165) is 11.1 Å². The van der Waals surface area contributed by atoms with Crippen molar-refractivity contribution in [1.29, 1.82) is 0 Å². The number of hydrogen-bond donors (Lipinski definition) is 0. The van der Waals surface area contributed by atoms with Crippen LogP contribution in [0.25, 0.3) is 11.4 Å². The minimum atomic E-state index is -0.470. The number of hydrogen-bond acceptors (Lipinski definition) is 6. The summed E-state index contributed by atoms with van der Waals surface area (Å²) in [6, 6.07) is 23.3. The second-order valence-electron chi connectivity index (χ2n) is 7.65. The van der Waals surface area contributed by atoms with E-state index in [1.165, 1.54) is 12.1 Å². The van der Waals surface area contributed by atoms with Crippen LogP contribution in [-0.2, 0) is 13.0 Å². The Morgan fingerprint density at radius 3 is 2.52 bits per heavy atom. The lowest BCUT2D eigenvalue weighted by Crippen LogP contribution is -2.32. The van der Waals surface area contributed by atoms with Gasteiger partial charge in [0.05, 0.1) is 4.92 Å². The van der Waals surface area contributed by atoms with Crippen LogP contribution < -0.4 is 0 Å². The van der Waals surface area contributed by atoms with Gasteiger partial charge in [0.2, 0.25) is 11.7 Å². The first-order valence-corrected chi connectivity index (χ1v) is 10.5. The number of nitro groups is 1. The third-order valence-electron chi connectivity index (χ3n) is 5.18. The van der Waals surface area contributed by atoms with Gasteiger partial charge in [0.15, 0.2) is 0 Å². The van der Waals surface area contributed by atoms with E-state index in [1.807, 2.05) is 61.5 Å². The third kappa shape index (κ3) is 5.48. The van der Waals surface area contributed by atoms with Crippen molar-refractivity contribution in [1.82, 2.24) is 15.0 Å². The fourth-order valence-electron chi connectivity index (χ4n) is 3.40. The summed E-state index contributed by atoms with van der Waals surface area (Å²) in [5.74, 6) is 0.539. The van der Waals surface area contributed by atoms with E-state index >= 15 is 0 Å². The average Bonchev–Trinajstić information content (AvgIpc) is 3.32. The van der Waals surface area contributed by atoms with E-state index in [9.17, 15) is 14.9 Å². The molecule has 0 fully saturated rings. The maximum Gasteiger partial charge on any atom is 0.270 e. The van der Waals surface area contributed by atoms with Crippen LogP contribution in [0.2, 0.25) is 0 Å². The summed E-state index contributed by atoms with van der Waals surface area (Å²) in [6.45, 7) is 2.79. The van der Waals surface area contributed by atoms with Crippen molar-refractivity contribution in [3.05, 3.63) is 112 Å². The predicted octanol–water partition coefficient (Wildman–Crippen LogP) is 4.84. The Bertz CT molecular complexity index is 1250. The fourth-order valence-corrected chi connectivity index (χ4v) is 3.40. The molecule has 1 aromatic heterocycles. The Morgan fingerprint density at radius 2 is 1.79 bits per heavy atom. The number of nitro benzene ring substituents is 1. The fraction of sp³-hybridized carbons (Fsp3) is 0.160. The molecule has 8 heteroatoms. The normalized spacial score (nSPS) is 10.7. The van der Waals surface area contributed by atoms with Gasteiger partial charge >= 0.3 is 0 Å². The zero-order chi connectivity index (χ0) is 23.2. The minimum absolute atomic E-state index is 0.0448. The number of carbonyl (C=O) groups excluding carboxylic acids is 1. The van der Waals surface area contributed by atoms with Gasteiger partial charge in [-0.15, -0.1) is 0 Å². The standard InChI is InChI=1S/C25H22N4O4/c1-18-10-12-20(13-11-18)25(30)28(17-19-6-3-2-4-7-19)15-14-23-26-24(27-33-23)21-8-5-9-22(16-21)29(31)32/h2-13,16H,14-15,17H2,1H3. The molecule has 1 amide bonds. The Hall–Kier alpha value is -4.33. The number of rotatable bonds is 8. The summed E-state index contributed by atoms with van der Waals surface area (Å²) >= 11 is 0. The molecule has 0 aliphatic rings. The molecule has 0 spiro atoms. The number of non-ortho nitro benzene ring substituents is 1. The summed E-state index contributed by atoms with van der Waals surface area (Å²) in [5.41, 5.74) is 3.16. The van der Waals surface area contributed by atoms with Crippen LogP contribution in [0.15, 0.2) is 83.4 Å².